The van der Waals surface area contributed by atoms with Gasteiger partial charge in [0.2, 0.25) is 0 Å². The highest BCUT2D eigenvalue weighted by Crippen LogP contribution is 2.33. The minimum atomic E-state index is -0.947. The summed E-state index contributed by atoms with van der Waals surface area (Å²) in [5.41, 5.74) is -0.920. The number of rotatable bonds is 5. The number of carbonyl (C=O) groups excluding carboxylic acids is 5. The molecule has 1 heterocycles. The van der Waals surface area contributed by atoms with E-state index in [0.717, 1.165) is 24.2 Å². The lowest BCUT2D eigenvalue weighted by molar-refractivity contribution is -0.151. The number of hydrogen-bond donors (Lipinski definition) is 2. The largest absolute Gasteiger partial charge is 0.454 e. The minimum Gasteiger partial charge on any atom is -0.454 e. The maximum Gasteiger partial charge on any atom is 0.413 e. The van der Waals surface area contributed by atoms with Crippen molar-refractivity contribution in [3.8, 4) is 0 Å². The molecule has 10 nitrogen and oxygen atoms in total. The Bertz CT molecular complexity index is 584. The van der Waals surface area contributed by atoms with Crippen molar-refractivity contribution in [2.24, 2.45) is 0 Å². The fourth-order valence-corrected chi connectivity index (χ4v) is 2.95. The van der Waals surface area contributed by atoms with Gasteiger partial charge in [-0.05, 0) is 19.8 Å². The van der Waals surface area contributed by atoms with Gasteiger partial charge in [0, 0.05) is 0 Å². The number of hydrogen-bond acceptors (Lipinski definition) is 7. The molecule has 2 fully saturated rings. The smallest absolute Gasteiger partial charge is 0.413 e. The van der Waals surface area contributed by atoms with Crippen LogP contribution in [0, 0.1) is 0 Å². The summed E-state index contributed by atoms with van der Waals surface area (Å²) in [5, 5.41) is 4.53. The van der Waals surface area contributed by atoms with Crippen LogP contribution in [0.3, 0.4) is 0 Å². The molecule has 0 radical (unpaired) electrons. The van der Waals surface area contributed by atoms with Crippen molar-refractivity contribution in [3.63, 3.8) is 0 Å². The summed E-state index contributed by atoms with van der Waals surface area (Å²) in [6, 6.07) is -0.639. The number of urea groups is 1. The standard InChI is InChI=1S/C15H21N3O7/c1-2-24-14(23)16-10(19)9-25-11(20)8-18-12(21)15(17-13(18)22)6-4-3-5-7-15/h2-9H2,1H3,(H,17,22)(H,16,19,23). The molecule has 1 saturated carbocycles. The Morgan fingerprint density at radius 2 is 1.84 bits per heavy atom. The Balaban J connectivity index is 1.82. The summed E-state index contributed by atoms with van der Waals surface area (Å²) in [6.45, 7) is 0.361. The zero-order valence-electron chi connectivity index (χ0n) is 14.0. The van der Waals surface area contributed by atoms with E-state index in [1.54, 1.807) is 6.92 Å². The van der Waals surface area contributed by atoms with Crippen LogP contribution in [0.25, 0.3) is 0 Å². The highest BCUT2D eigenvalue weighted by Gasteiger charge is 2.51. The third-order valence-electron chi connectivity index (χ3n) is 4.12. The predicted octanol–water partition coefficient (Wildman–Crippen LogP) is 0.0570. The molecule has 0 aromatic heterocycles. The third-order valence-corrected chi connectivity index (χ3v) is 4.12. The number of imide groups is 2. The molecule has 1 aliphatic heterocycles. The van der Waals surface area contributed by atoms with Crippen LogP contribution >= 0.6 is 0 Å². The number of ether oxygens (including phenoxy) is 2. The summed E-state index contributed by atoms with van der Waals surface area (Å²) >= 11 is 0. The van der Waals surface area contributed by atoms with Crippen LogP contribution in [0.2, 0.25) is 0 Å². The number of nitrogens with one attached hydrogen (secondary N) is 2. The second kappa shape index (κ2) is 7.95. The lowest BCUT2D eigenvalue weighted by atomic mass is 9.82. The van der Waals surface area contributed by atoms with Gasteiger partial charge in [-0.1, -0.05) is 19.3 Å². The normalized spacial score (nSPS) is 18.7. The third kappa shape index (κ3) is 4.46. The highest BCUT2D eigenvalue weighted by molar-refractivity contribution is 6.08. The van der Waals surface area contributed by atoms with Crippen molar-refractivity contribution in [1.29, 1.82) is 0 Å². The van der Waals surface area contributed by atoms with Gasteiger partial charge in [-0.2, -0.15) is 0 Å². The summed E-state index contributed by atoms with van der Waals surface area (Å²) in [6.07, 6.45) is 2.81. The molecule has 1 saturated heterocycles. The molecule has 2 N–H and O–H groups in total. The lowest BCUT2D eigenvalue weighted by Gasteiger charge is -2.30. The molecular formula is C15H21N3O7. The van der Waals surface area contributed by atoms with Crippen molar-refractivity contribution >= 4 is 29.9 Å². The predicted molar refractivity (Wildman–Crippen MR) is 82.2 cm³/mol. The van der Waals surface area contributed by atoms with E-state index >= 15 is 0 Å². The number of esters is 1. The Morgan fingerprint density at radius 3 is 2.48 bits per heavy atom. The van der Waals surface area contributed by atoms with Gasteiger partial charge >= 0.3 is 18.1 Å². The Morgan fingerprint density at radius 1 is 1.16 bits per heavy atom. The lowest BCUT2D eigenvalue weighted by Crippen LogP contribution is -2.48. The number of amides is 5. The van der Waals surface area contributed by atoms with Crippen LogP contribution in [0.1, 0.15) is 39.0 Å². The maximum atomic E-state index is 12.5. The average Bonchev–Trinajstić information content (AvgIpc) is 2.78. The molecule has 0 aromatic carbocycles. The average molecular weight is 355 g/mol. The molecule has 0 aromatic rings. The van der Waals surface area contributed by atoms with Crippen LogP contribution in [-0.4, -0.2) is 60.1 Å². The molecule has 0 unspecified atom stereocenters. The number of nitrogens with zero attached hydrogens (tertiary/aromatic N) is 1. The molecule has 0 bridgehead atoms. The second-order valence-electron chi connectivity index (χ2n) is 5.89. The molecule has 25 heavy (non-hydrogen) atoms. The molecule has 138 valence electrons. The van der Waals surface area contributed by atoms with Crippen LogP contribution in [-0.2, 0) is 23.9 Å². The molecule has 2 aliphatic rings. The zero-order chi connectivity index (χ0) is 18.4. The molecule has 0 atom stereocenters. The summed E-state index contributed by atoms with van der Waals surface area (Å²) < 4.78 is 9.19. The molecular weight excluding hydrogens is 334 g/mol. The van der Waals surface area contributed by atoms with Crippen LogP contribution in [0.5, 0.6) is 0 Å². The fraction of sp³-hybridized carbons (Fsp3) is 0.667. The molecule has 1 spiro atoms. The van der Waals surface area contributed by atoms with Crippen molar-refractivity contribution in [2.45, 2.75) is 44.6 Å². The van der Waals surface area contributed by atoms with Crippen LogP contribution in [0.15, 0.2) is 0 Å². The zero-order valence-corrected chi connectivity index (χ0v) is 14.0. The minimum absolute atomic E-state index is 0.0901. The number of carbonyl (C=O) groups is 5. The van der Waals surface area contributed by atoms with E-state index in [1.807, 2.05) is 5.32 Å². The van der Waals surface area contributed by atoms with Gasteiger partial charge in [0.05, 0.1) is 6.61 Å². The first-order chi connectivity index (χ1) is 11.9. The number of alkyl carbamates (subject to hydrolysis) is 1. The van der Waals surface area contributed by atoms with Crippen molar-refractivity contribution < 1.29 is 33.4 Å². The van der Waals surface area contributed by atoms with Crippen molar-refractivity contribution in [3.05, 3.63) is 0 Å². The van der Waals surface area contributed by atoms with E-state index in [2.05, 4.69) is 14.8 Å². The van der Waals surface area contributed by atoms with Crippen LogP contribution < -0.4 is 10.6 Å². The maximum absolute atomic E-state index is 12.5. The summed E-state index contributed by atoms with van der Waals surface area (Å²) in [5.74, 6) is -2.23. The van der Waals surface area contributed by atoms with Gasteiger partial charge in [0.25, 0.3) is 11.8 Å². The molecule has 5 amide bonds. The molecule has 1 aliphatic carbocycles. The van der Waals surface area contributed by atoms with Gasteiger partial charge in [-0.15, -0.1) is 0 Å². The summed E-state index contributed by atoms with van der Waals surface area (Å²) in [4.78, 5) is 59.5. The first-order valence-electron chi connectivity index (χ1n) is 8.14. The van der Waals surface area contributed by atoms with Gasteiger partial charge in [0.1, 0.15) is 12.1 Å². The summed E-state index contributed by atoms with van der Waals surface area (Å²) in [7, 11) is 0. The SMILES string of the molecule is CCOC(=O)NC(=O)COC(=O)CN1C(=O)NC2(CCCCC2)C1=O. The van der Waals surface area contributed by atoms with E-state index in [1.165, 1.54) is 0 Å². The Hall–Kier alpha value is -2.65. The molecule has 2 rings (SSSR count). The first kappa shape index (κ1) is 18.7. The van der Waals surface area contributed by atoms with Gasteiger partial charge in [0.15, 0.2) is 6.61 Å². The van der Waals surface area contributed by atoms with Gasteiger partial charge in [-0.3, -0.25) is 24.6 Å². The van der Waals surface area contributed by atoms with E-state index in [9.17, 15) is 24.0 Å². The van der Waals surface area contributed by atoms with Crippen molar-refractivity contribution in [2.75, 3.05) is 19.8 Å². The van der Waals surface area contributed by atoms with Crippen molar-refractivity contribution in [1.82, 2.24) is 15.5 Å². The highest BCUT2D eigenvalue weighted by atomic mass is 16.6. The Kier molecular flexibility index (Phi) is 5.94. The van der Waals surface area contributed by atoms with Gasteiger partial charge in [-0.25, -0.2) is 9.59 Å². The monoisotopic (exact) mass is 355 g/mol. The molecule has 10 heteroatoms. The fourth-order valence-electron chi connectivity index (χ4n) is 2.95. The van der Waals surface area contributed by atoms with Crippen LogP contribution in [0.4, 0.5) is 9.59 Å². The van der Waals surface area contributed by atoms with E-state index in [-0.39, 0.29) is 6.61 Å². The van der Waals surface area contributed by atoms with Gasteiger partial charge < -0.3 is 14.8 Å². The van der Waals surface area contributed by atoms with E-state index < -0.39 is 48.6 Å². The van der Waals surface area contributed by atoms with E-state index in [4.69, 9.17) is 0 Å². The topological polar surface area (TPSA) is 131 Å². The Labute approximate surface area is 144 Å². The quantitative estimate of drug-likeness (QED) is 0.526. The second-order valence-corrected chi connectivity index (χ2v) is 5.89. The van der Waals surface area contributed by atoms with E-state index in [0.29, 0.717) is 12.8 Å². The first-order valence-corrected chi connectivity index (χ1v) is 8.14.